The van der Waals surface area contributed by atoms with E-state index in [2.05, 4.69) is 10.6 Å². The molecule has 0 aliphatic carbocycles. The van der Waals surface area contributed by atoms with Crippen molar-refractivity contribution in [3.63, 3.8) is 0 Å². The maximum Gasteiger partial charge on any atom is 0.341 e. The van der Waals surface area contributed by atoms with Crippen molar-refractivity contribution in [2.45, 2.75) is 13.8 Å². The summed E-state index contributed by atoms with van der Waals surface area (Å²) in [6.07, 6.45) is 0. The van der Waals surface area contributed by atoms with E-state index in [1.54, 1.807) is 25.1 Å². The number of esters is 1. The lowest BCUT2D eigenvalue weighted by molar-refractivity contribution is -0.384. The SMILES string of the molecule is CCOC(=O)c1c(NC(=O)c2ccc(Cl)c([N+](=O)[O-])c2)sc(C(=O)Nc2cccc(Cl)c2Cl)c1C. The van der Waals surface area contributed by atoms with Crippen LogP contribution in [0.25, 0.3) is 0 Å². The van der Waals surface area contributed by atoms with E-state index in [1.807, 2.05) is 0 Å². The lowest BCUT2D eigenvalue weighted by Gasteiger charge is -2.08. The number of hydrogen-bond acceptors (Lipinski definition) is 7. The normalized spacial score (nSPS) is 10.5. The van der Waals surface area contributed by atoms with E-state index >= 15 is 0 Å². The Balaban J connectivity index is 1.99. The zero-order valence-electron chi connectivity index (χ0n) is 18.1. The maximum atomic E-state index is 13.0. The standard InChI is InChI=1S/C22H16Cl3N3O6S/c1-3-34-22(31)16-10(2)18(20(30)26-14-6-4-5-13(24)17(14)25)35-21(16)27-19(29)11-7-8-12(23)15(9-11)28(32)33/h4-9H,3H2,1-2H3,(H,26,30)(H,27,29). The van der Waals surface area contributed by atoms with Gasteiger partial charge in [-0.15, -0.1) is 11.3 Å². The minimum absolute atomic E-state index is 0.0176. The van der Waals surface area contributed by atoms with E-state index in [1.165, 1.54) is 19.1 Å². The van der Waals surface area contributed by atoms with Crippen LogP contribution in [0.1, 0.15) is 42.9 Å². The number of nitro benzene ring substituents is 1. The van der Waals surface area contributed by atoms with Gasteiger partial charge in [-0.25, -0.2) is 4.79 Å². The van der Waals surface area contributed by atoms with Gasteiger partial charge < -0.3 is 15.4 Å². The van der Waals surface area contributed by atoms with Crippen molar-refractivity contribution < 1.29 is 24.0 Å². The van der Waals surface area contributed by atoms with E-state index < -0.39 is 28.4 Å². The Hall–Kier alpha value is -3.18. The Morgan fingerprint density at radius 1 is 1.06 bits per heavy atom. The van der Waals surface area contributed by atoms with Gasteiger partial charge in [-0.2, -0.15) is 0 Å². The summed E-state index contributed by atoms with van der Waals surface area (Å²) >= 11 is 18.8. The van der Waals surface area contributed by atoms with Crippen LogP contribution in [0.5, 0.6) is 0 Å². The Morgan fingerprint density at radius 2 is 1.77 bits per heavy atom. The predicted molar refractivity (Wildman–Crippen MR) is 135 cm³/mol. The molecule has 0 saturated heterocycles. The zero-order chi connectivity index (χ0) is 25.9. The minimum Gasteiger partial charge on any atom is -0.462 e. The minimum atomic E-state index is -0.751. The molecule has 0 spiro atoms. The summed E-state index contributed by atoms with van der Waals surface area (Å²) in [6.45, 7) is 3.20. The monoisotopic (exact) mass is 555 g/mol. The number of anilines is 2. The first kappa shape index (κ1) is 26.4. The summed E-state index contributed by atoms with van der Waals surface area (Å²) < 4.78 is 5.09. The number of nitrogens with zero attached hydrogens (tertiary/aromatic N) is 1. The molecule has 0 saturated carbocycles. The highest BCUT2D eigenvalue weighted by Crippen LogP contribution is 2.36. The lowest BCUT2D eigenvalue weighted by Crippen LogP contribution is -2.15. The average molecular weight is 557 g/mol. The summed E-state index contributed by atoms with van der Waals surface area (Å²) in [7, 11) is 0. The first-order valence-electron chi connectivity index (χ1n) is 9.86. The number of benzene rings is 2. The molecule has 2 amide bonds. The number of ether oxygens (including phenoxy) is 1. The van der Waals surface area contributed by atoms with Crippen molar-refractivity contribution in [3.8, 4) is 0 Å². The molecular formula is C22H16Cl3N3O6S. The third-order valence-electron chi connectivity index (χ3n) is 4.66. The van der Waals surface area contributed by atoms with Crippen LogP contribution in [0.4, 0.5) is 16.4 Å². The van der Waals surface area contributed by atoms with Gasteiger partial charge in [0.05, 0.1) is 37.7 Å². The molecule has 0 unspecified atom stereocenters. The summed E-state index contributed by atoms with van der Waals surface area (Å²) in [5, 5.41) is 16.6. The van der Waals surface area contributed by atoms with E-state index in [9.17, 15) is 24.5 Å². The largest absolute Gasteiger partial charge is 0.462 e. The second-order valence-electron chi connectivity index (χ2n) is 6.91. The van der Waals surface area contributed by atoms with Gasteiger partial charge in [0.15, 0.2) is 0 Å². The fourth-order valence-corrected chi connectivity index (χ4v) is 4.64. The van der Waals surface area contributed by atoms with Gasteiger partial charge in [-0.05, 0) is 43.7 Å². The summed E-state index contributed by atoms with van der Waals surface area (Å²) in [4.78, 5) is 49.0. The average Bonchev–Trinajstić information content (AvgIpc) is 3.12. The highest BCUT2D eigenvalue weighted by molar-refractivity contribution is 7.19. The predicted octanol–water partition coefficient (Wildman–Crippen LogP) is 6.61. The van der Waals surface area contributed by atoms with Crippen LogP contribution in [0, 0.1) is 17.0 Å². The van der Waals surface area contributed by atoms with Crippen molar-refractivity contribution in [1.29, 1.82) is 0 Å². The molecule has 0 bridgehead atoms. The number of halogens is 3. The molecule has 3 rings (SSSR count). The van der Waals surface area contributed by atoms with Gasteiger partial charge in [0, 0.05) is 11.6 Å². The number of thiophene rings is 1. The molecule has 0 fully saturated rings. The van der Waals surface area contributed by atoms with Gasteiger partial charge in [0.1, 0.15) is 10.0 Å². The molecule has 1 aromatic heterocycles. The third-order valence-corrected chi connectivity index (χ3v) is 7.01. The van der Waals surface area contributed by atoms with Crippen LogP contribution >= 0.6 is 46.1 Å². The molecule has 0 radical (unpaired) electrons. The van der Waals surface area contributed by atoms with Crippen LogP contribution in [-0.2, 0) is 4.74 Å². The molecule has 182 valence electrons. The Kier molecular flexibility index (Phi) is 8.34. The molecule has 13 heteroatoms. The summed E-state index contributed by atoms with van der Waals surface area (Å²) in [5.41, 5.74) is -0.0179. The quantitative estimate of drug-likeness (QED) is 0.192. The Bertz CT molecular complexity index is 1360. The van der Waals surface area contributed by atoms with Crippen LogP contribution < -0.4 is 10.6 Å². The third kappa shape index (κ3) is 5.73. The van der Waals surface area contributed by atoms with Crippen molar-refractivity contribution in [2.24, 2.45) is 0 Å². The van der Waals surface area contributed by atoms with Crippen molar-refractivity contribution in [1.82, 2.24) is 0 Å². The van der Waals surface area contributed by atoms with E-state index in [4.69, 9.17) is 39.5 Å². The molecule has 0 aliphatic rings. The van der Waals surface area contributed by atoms with Gasteiger partial charge in [0.2, 0.25) is 0 Å². The van der Waals surface area contributed by atoms with Gasteiger partial charge in [0.25, 0.3) is 17.5 Å². The van der Waals surface area contributed by atoms with E-state index in [0.717, 1.165) is 17.4 Å². The van der Waals surface area contributed by atoms with Crippen LogP contribution in [0.3, 0.4) is 0 Å². The first-order valence-corrected chi connectivity index (χ1v) is 11.8. The van der Waals surface area contributed by atoms with Gasteiger partial charge >= 0.3 is 5.97 Å². The van der Waals surface area contributed by atoms with Gasteiger partial charge in [-0.3, -0.25) is 19.7 Å². The Labute approximate surface area is 218 Å². The van der Waals surface area contributed by atoms with Gasteiger partial charge in [-0.1, -0.05) is 40.9 Å². The molecule has 0 aliphatic heterocycles. The molecule has 2 N–H and O–H groups in total. The van der Waals surface area contributed by atoms with Crippen molar-refractivity contribution >= 4 is 80.3 Å². The molecule has 0 atom stereocenters. The second-order valence-corrected chi connectivity index (χ2v) is 9.13. The molecule has 2 aromatic carbocycles. The molecule has 9 nitrogen and oxygen atoms in total. The summed E-state index contributed by atoms with van der Waals surface area (Å²) in [6, 6.07) is 8.24. The highest BCUT2D eigenvalue weighted by atomic mass is 35.5. The smallest absolute Gasteiger partial charge is 0.341 e. The van der Waals surface area contributed by atoms with Crippen LogP contribution in [0.15, 0.2) is 36.4 Å². The number of carbonyl (C=O) groups is 3. The first-order chi connectivity index (χ1) is 16.5. The van der Waals surface area contributed by atoms with E-state index in [0.29, 0.717) is 0 Å². The lowest BCUT2D eigenvalue weighted by atomic mass is 10.1. The Morgan fingerprint density at radius 3 is 2.43 bits per heavy atom. The number of hydrogen-bond donors (Lipinski definition) is 2. The summed E-state index contributed by atoms with van der Waals surface area (Å²) in [5.74, 6) is -2.09. The van der Waals surface area contributed by atoms with Crippen LogP contribution in [-0.4, -0.2) is 29.3 Å². The number of rotatable bonds is 7. The fraction of sp³-hybridized carbons (Fsp3) is 0.136. The van der Waals surface area contributed by atoms with Crippen molar-refractivity contribution in [2.75, 3.05) is 17.2 Å². The molecule has 3 aromatic rings. The number of nitrogens with one attached hydrogen (secondary N) is 2. The van der Waals surface area contributed by atoms with Crippen LogP contribution in [0.2, 0.25) is 15.1 Å². The molecule has 35 heavy (non-hydrogen) atoms. The number of amides is 2. The number of nitro groups is 1. The van der Waals surface area contributed by atoms with Crippen molar-refractivity contribution in [3.05, 3.63) is 83.1 Å². The molecule has 1 heterocycles. The second kappa shape index (κ2) is 11.0. The zero-order valence-corrected chi connectivity index (χ0v) is 21.2. The van der Waals surface area contributed by atoms with E-state index in [-0.39, 0.29) is 53.9 Å². The highest BCUT2D eigenvalue weighted by Gasteiger charge is 2.28. The molecular weight excluding hydrogens is 541 g/mol. The number of carbonyl (C=O) groups excluding carboxylic acids is 3. The maximum absolute atomic E-state index is 13.0. The topological polar surface area (TPSA) is 128 Å². The fourth-order valence-electron chi connectivity index (χ4n) is 3.02.